The molecule has 0 radical (unpaired) electrons. The van der Waals surface area contributed by atoms with Crippen molar-refractivity contribution in [1.82, 2.24) is 4.90 Å². The number of carbonyl (C=O) groups excluding carboxylic acids is 3. The Kier molecular flexibility index (Phi) is 7.68. The summed E-state index contributed by atoms with van der Waals surface area (Å²) in [7, 11) is 1.45. The maximum atomic E-state index is 13.9. The second kappa shape index (κ2) is 10.8. The largest absolute Gasteiger partial charge is 0.452 e. The van der Waals surface area contributed by atoms with Crippen LogP contribution in [0.2, 0.25) is 0 Å². The molecular weight excluding hydrogens is 588 g/mol. The van der Waals surface area contributed by atoms with E-state index in [0.29, 0.717) is 16.1 Å². The Hall–Kier alpha value is -2.66. The molecule has 198 valence electrons. The van der Waals surface area contributed by atoms with Gasteiger partial charge in [0.25, 0.3) is 11.6 Å². The highest BCUT2D eigenvalue weighted by molar-refractivity contribution is 9.09. The molecule has 5 rings (SSSR count). The molecule has 3 aromatic rings. The second-order valence-electron chi connectivity index (χ2n) is 9.32. The minimum Gasteiger partial charge on any atom is -0.452 e. The topological polar surface area (TPSA) is 76.2 Å². The Balaban J connectivity index is 1.41. The number of anilines is 1. The highest BCUT2D eigenvalue weighted by Gasteiger charge is 2.70. The zero-order valence-electron chi connectivity index (χ0n) is 20.9. The van der Waals surface area contributed by atoms with E-state index in [9.17, 15) is 14.4 Å². The standard InChI is InChI=1S/C28H27BrN2O5S2/c1-19(32)31(22-14-9-15-37-22)28(35-2)24(33)30-17-27(16-29,18-38-25(28)30)26(34)36-23(20-10-5-3-6-11-20)21-12-7-4-8-13-21/h3-15,23,25H,16-18H2,1-2H3/t25-,27?,28?/m1/s1. The fourth-order valence-electron chi connectivity index (χ4n) is 5.04. The van der Waals surface area contributed by atoms with E-state index in [1.165, 1.54) is 42.0 Å². The van der Waals surface area contributed by atoms with Gasteiger partial charge in [-0.3, -0.25) is 19.3 Å². The van der Waals surface area contributed by atoms with Gasteiger partial charge < -0.3 is 14.4 Å². The maximum Gasteiger partial charge on any atom is 0.316 e. The van der Waals surface area contributed by atoms with Crippen molar-refractivity contribution in [2.75, 3.05) is 29.6 Å². The zero-order valence-corrected chi connectivity index (χ0v) is 24.1. The molecule has 2 fully saturated rings. The van der Waals surface area contributed by atoms with E-state index in [4.69, 9.17) is 9.47 Å². The SMILES string of the molecule is COC1(N(C(C)=O)c2cccs2)C(=O)N2CC(CBr)(C(=O)OC(c3ccccc3)c3ccccc3)CS[C@@H]21. The van der Waals surface area contributed by atoms with Crippen molar-refractivity contribution in [2.24, 2.45) is 5.41 Å². The van der Waals surface area contributed by atoms with E-state index in [1.54, 1.807) is 11.0 Å². The maximum absolute atomic E-state index is 13.9. The molecular formula is C28H27BrN2O5S2. The smallest absolute Gasteiger partial charge is 0.316 e. The summed E-state index contributed by atoms with van der Waals surface area (Å²) in [6.07, 6.45) is -0.583. The van der Waals surface area contributed by atoms with Gasteiger partial charge in [0.05, 0.1) is 0 Å². The van der Waals surface area contributed by atoms with Crippen molar-refractivity contribution in [3.05, 3.63) is 89.3 Å². The molecule has 0 aliphatic carbocycles. The van der Waals surface area contributed by atoms with Gasteiger partial charge in [-0.2, -0.15) is 0 Å². The number of hydrogen-bond acceptors (Lipinski definition) is 7. The van der Waals surface area contributed by atoms with E-state index < -0.39 is 22.6 Å². The van der Waals surface area contributed by atoms with Gasteiger partial charge in [-0.25, -0.2) is 0 Å². The van der Waals surface area contributed by atoms with Gasteiger partial charge in [0, 0.05) is 31.7 Å². The summed E-state index contributed by atoms with van der Waals surface area (Å²) in [5.74, 6) is -0.624. The third kappa shape index (κ3) is 4.37. The second-order valence-corrected chi connectivity index (χ2v) is 11.9. The number of methoxy groups -OCH3 is 1. The molecule has 2 aliphatic heterocycles. The molecule has 38 heavy (non-hydrogen) atoms. The summed E-state index contributed by atoms with van der Waals surface area (Å²) in [6.45, 7) is 1.59. The Morgan fingerprint density at radius 1 is 1.08 bits per heavy atom. The average molecular weight is 616 g/mol. The molecule has 7 nitrogen and oxygen atoms in total. The molecule has 3 atom stereocenters. The first-order valence-corrected chi connectivity index (χ1v) is 15.1. The number of thiophene rings is 1. The van der Waals surface area contributed by atoms with Crippen LogP contribution in [0.25, 0.3) is 0 Å². The summed E-state index contributed by atoms with van der Waals surface area (Å²) in [5, 5.41) is 2.36. The number of halogens is 1. The Bertz CT molecular complexity index is 1270. The fraction of sp³-hybridized carbons (Fsp3) is 0.321. The van der Waals surface area contributed by atoms with Crippen LogP contribution in [0.3, 0.4) is 0 Å². The minimum absolute atomic E-state index is 0.158. The van der Waals surface area contributed by atoms with Crippen LogP contribution in [-0.4, -0.2) is 58.5 Å². The molecule has 2 aliphatic rings. The van der Waals surface area contributed by atoms with E-state index in [-0.39, 0.29) is 24.3 Å². The molecule has 0 spiro atoms. The van der Waals surface area contributed by atoms with Crippen LogP contribution in [0.5, 0.6) is 0 Å². The number of ether oxygens (including phenoxy) is 2. The molecule has 1 aromatic heterocycles. The fourth-order valence-corrected chi connectivity index (χ4v) is 8.40. The number of amides is 2. The van der Waals surface area contributed by atoms with E-state index in [2.05, 4.69) is 15.9 Å². The van der Waals surface area contributed by atoms with Crippen LogP contribution < -0.4 is 4.90 Å². The summed E-state index contributed by atoms with van der Waals surface area (Å²) in [4.78, 5) is 43.4. The van der Waals surface area contributed by atoms with Crippen molar-refractivity contribution in [3.8, 4) is 0 Å². The number of β-lactam (4-membered cyclic amide) rings is 1. The van der Waals surface area contributed by atoms with Crippen molar-refractivity contribution in [2.45, 2.75) is 24.1 Å². The number of carbonyl (C=O) groups is 3. The van der Waals surface area contributed by atoms with Crippen LogP contribution in [-0.2, 0) is 23.9 Å². The number of fused-ring (bicyclic) bond motifs is 1. The summed E-state index contributed by atoms with van der Waals surface area (Å²) in [6, 6.07) is 22.9. The van der Waals surface area contributed by atoms with E-state index in [0.717, 1.165) is 11.1 Å². The number of benzene rings is 2. The Morgan fingerprint density at radius 3 is 2.21 bits per heavy atom. The molecule has 3 heterocycles. The van der Waals surface area contributed by atoms with E-state index in [1.807, 2.05) is 72.1 Å². The van der Waals surface area contributed by atoms with Gasteiger partial charge in [-0.05, 0) is 28.6 Å². The van der Waals surface area contributed by atoms with Crippen molar-refractivity contribution in [1.29, 1.82) is 0 Å². The molecule has 0 bridgehead atoms. The Morgan fingerprint density at radius 2 is 1.71 bits per heavy atom. The quantitative estimate of drug-likeness (QED) is 0.153. The summed E-state index contributed by atoms with van der Waals surface area (Å²) >= 11 is 6.34. The molecule has 2 saturated heterocycles. The normalized spacial score (nSPS) is 24.5. The Labute approximate surface area is 238 Å². The molecule has 10 heteroatoms. The average Bonchev–Trinajstić information content (AvgIpc) is 3.48. The van der Waals surface area contributed by atoms with Crippen LogP contribution in [0, 0.1) is 5.41 Å². The van der Waals surface area contributed by atoms with Gasteiger partial charge in [-0.1, -0.05) is 76.6 Å². The third-order valence-electron chi connectivity index (χ3n) is 6.98. The molecule has 2 amide bonds. The highest BCUT2D eigenvalue weighted by Crippen LogP contribution is 2.52. The number of thioether (sulfide) groups is 1. The number of nitrogens with zero attached hydrogens (tertiary/aromatic N) is 2. The molecule has 0 saturated carbocycles. The van der Waals surface area contributed by atoms with Gasteiger partial charge in [0.1, 0.15) is 15.8 Å². The lowest BCUT2D eigenvalue weighted by molar-refractivity contribution is -0.193. The lowest BCUT2D eigenvalue weighted by Crippen LogP contribution is -2.83. The number of hydrogen-bond donors (Lipinski definition) is 0. The van der Waals surface area contributed by atoms with Crippen molar-refractivity contribution < 1.29 is 23.9 Å². The third-order valence-corrected chi connectivity index (χ3v) is 10.5. The monoisotopic (exact) mass is 614 g/mol. The van der Waals surface area contributed by atoms with Crippen LogP contribution in [0.4, 0.5) is 5.00 Å². The highest BCUT2D eigenvalue weighted by atomic mass is 79.9. The molecule has 0 N–H and O–H groups in total. The van der Waals surface area contributed by atoms with Gasteiger partial charge >= 0.3 is 5.97 Å². The summed E-state index contributed by atoms with van der Waals surface area (Å²) < 4.78 is 12.0. The predicted octanol–water partition coefficient (Wildman–Crippen LogP) is 5.07. The first-order valence-electron chi connectivity index (χ1n) is 12.1. The predicted molar refractivity (Wildman–Crippen MR) is 152 cm³/mol. The lowest BCUT2D eigenvalue weighted by Gasteiger charge is -2.61. The lowest BCUT2D eigenvalue weighted by atomic mass is 9.87. The molecule has 2 aromatic carbocycles. The number of rotatable bonds is 8. The van der Waals surface area contributed by atoms with Crippen LogP contribution >= 0.6 is 39.0 Å². The van der Waals surface area contributed by atoms with Crippen LogP contribution in [0.1, 0.15) is 24.2 Å². The van der Waals surface area contributed by atoms with Crippen molar-refractivity contribution in [3.63, 3.8) is 0 Å². The van der Waals surface area contributed by atoms with Gasteiger partial charge in [-0.15, -0.1) is 23.1 Å². The zero-order chi connectivity index (χ0) is 26.9. The first-order chi connectivity index (χ1) is 18.4. The van der Waals surface area contributed by atoms with Gasteiger partial charge in [0.15, 0.2) is 6.10 Å². The molecule has 2 unspecified atom stereocenters. The van der Waals surface area contributed by atoms with Crippen molar-refractivity contribution >= 4 is 61.8 Å². The summed E-state index contributed by atoms with van der Waals surface area (Å²) in [5.41, 5.74) is -0.697. The number of esters is 1. The number of alkyl halides is 1. The first kappa shape index (κ1) is 26.9. The van der Waals surface area contributed by atoms with E-state index >= 15 is 0 Å². The van der Waals surface area contributed by atoms with Crippen LogP contribution in [0.15, 0.2) is 78.2 Å². The van der Waals surface area contributed by atoms with Gasteiger partial charge in [0.2, 0.25) is 5.91 Å². The minimum atomic E-state index is -1.46.